The van der Waals surface area contributed by atoms with Gasteiger partial charge in [-0.1, -0.05) is 0 Å². The Hall–Kier alpha value is -1.85. The summed E-state index contributed by atoms with van der Waals surface area (Å²) in [6, 6.07) is 0. The van der Waals surface area contributed by atoms with Crippen molar-refractivity contribution >= 4 is 11.0 Å². The van der Waals surface area contributed by atoms with E-state index in [1.54, 1.807) is 13.2 Å². The average Bonchev–Trinajstić information content (AvgIpc) is 2.42. The van der Waals surface area contributed by atoms with E-state index in [0.29, 0.717) is 11.0 Å². The van der Waals surface area contributed by atoms with Crippen molar-refractivity contribution in [1.82, 2.24) is 19.3 Å². The summed E-state index contributed by atoms with van der Waals surface area (Å²) in [7, 11) is 3.12. The van der Waals surface area contributed by atoms with Crippen LogP contribution in [-0.4, -0.2) is 19.3 Å². The quantitative estimate of drug-likeness (QED) is 0.562. The van der Waals surface area contributed by atoms with Gasteiger partial charge >= 0.3 is 5.69 Å². The normalized spacial score (nSPS) is 10.9. The number of nitrogens with zero attached hydrogens (tertiary/aromatic N) is 3. The third-order valence-electron chi connectivity index (χ3n) is 1.89. The first-order chi connectivity index (χ1) is 6.09. The van der Waals surface area contributed by atoms with Gasteiger partial charge in [-0.25, -0.2) is 4.79 Å². The molecule has 6 nitrogen and oxygen atoms in total. The molecule has 0 spiro atoms. The fraction of sp³-hybridized carbons (Fsp3) is 0.286. The van der Waals surface area contributed by atoms with Crippen molar-refractivity contribution in [3.8, 4) is 0 Å². The van der Waals surface area contributed by atoms with Gasteiger partial charge in [0, 0.05) is 20.3 Å². The van der Waals surface area contributed by atoms with Crippen molar-refractivity contribution < 1.29 is 0 Å². The highest BCUT2D eigenvalue weighted by Gasteiger charge is 2.06. The first-order valence-electron chi connectivity index (χ1n) is 3.72. The van der Waals surface area contributed by atoms with E-state index in [0.717, 1.165) is 4.57 Å². The maximum Gasteiger partial charge on any atom is 0.329 e. The van der Waals surface area contributed by atoms with E-state index in [2.05, 4.69) is 10.1 Å². The Morgan fingerprint density at radius 3 is 2.77 bits per heavy atom. The van der Waals surface area contributed by atoms with Gasteiger partial charge in [-0.05, 0) is 0 Å². The second-order valence-corrected chi connectivity index (χ2v) is 2.86. The molecule has 68 valence electrons. The minimum Gasteiger partial charge on any atom is -0.290 e. The molecule has 0 fully saturated rings. The summed E-state index contributed by atoms with van der Waals surface area (Å²) in [5, 5.41) is 4.34. The highest BCUT2D eigenvalue weighted by Crippen LogP contribution is 1.98. The van der Waals surface area contributed by atoms with Gasteiger partial charge in [-0.3, -0.25) is 19.0 Å². The zero-order chi connectivity index (χ0) is 9.59. The molecule has 6 heteroatoms. The molecule has 2 rings (SSSR count). The van der Waals surface area contributed by atoms with Gasteiger partial charge in [0.1, 0.15) is 5.39 Å². The third-order valence-corrected chi connectivity index (χ3v) is 1.89. The Morgan fingerprint density at radius 2 is 2.08 bits per heavy atom. The van der Waals surface area contributed by atoms with Crippen LogP contribution < -0.4 is 11.2 Å². The molecule has 0 saturated heterocycles. The highest BCUT2D eigenvalue weighted by molar-refractivity contribution is 5.72. The molecule has 0 unspecified atom stereocenters. The van der Waals surface area contributed by atoms with E-state index in [9.17, 15) is 9.59 Å². The van der Waals surface area contributed by atoms with Gasteiger partial charge in [0.2, 0.25) is 0 Å². The summed E-state index contributed by atoms with van der Waals surface area (Å²) in [5.41, 5.74) is -0.446. The largest absolute Gasteiger partial charge is 0.329 e. The van der Waals surface area contributed by atoms with E-state index in [-0.39, 0.29) is 5.56 Å². The maximum absolute atomic E-state index is 11.5. The van der Waals surface area contributed by atoms with Gasteiger partial charge in [-0.2, -0.15) is 5.10 Å². The maximum atomic E-state index is 11.5. The van der Waals surface area contributed by atoms with E-state index in [1.807, 2.05) is 0 Å². The molecular weight excluding hydrogens is 172 g/mol. The lowest BCUT2D eigenvalue weighted by atomic mass is 10.4. The molecule has 1 N–H and O–H groups in total. The van der Waals surface area contributed by atoms with Crippen LogP contribution >= 0.6 is 0 Å². The Morgan fingerprint density at radius 1 is 1.38 bits per heavy atom. The van der Waals surface area contributed by atoms with E-state index in [1.165, 1.54) is 11.7 Å². The molecule has 2 heterocycles. The SMILES string of the molecule is Cn1cc2c(=O)n(C)c(=O)[nH]c2n1. The summed E-state index contributed by atoms with van der Waals surface area (Å²) >= 11 is 0. The Labute approximate surface area is 72.4 Å². The van der Waals surface area contributed by atoms with Crippen LogP contribution in [0.25, 0.3) is 11.0 Å². The van der Waals surface area contributed by atoms with Crippen molar-refractivity contribution in [2.75, 3.05) is 0 Å². The Balaban J connectivity index is 3.10. The van der Waals surface area contributed by atoms with Gasteiger partial charge < -0.3 is 0 Å². The molecule has 0 radical (unpaired) electrons. The number of aromatic amines is 1. The van der Waals surface area contributed by atoms with Crippen molar-refractivity contribution in [1.29, 1.82) is 0 Å². The lowest BCUT2D eigenvalue weighted by Gasteiger charge is -1.92. The predicted molar refractivity (Wildman–Crippen MR) is 46.6 cm³/mol. The molecular formula is C7H8N4O2. The number of fused-ring (bicyclic) bond motifs is 1. The second kappa shape index (κ2) is 2.32. The fourth-order valence-corrected chi connectivity index (χ4v) is 1.20. The number of H-pyrrole nitrogens is 1. The molecule has 0 saturated carbocycles. The summed E-state index contributed by atoms with van der Waals surface area (Å²) in [4.78, 5) is 25.1. The second-order valence-electron chi connectivity index (χ2n) is 2.86. The molecule has 0 aromatic carbocycles. The van der Waals surface area contributed by atoms with Crippen LogP contribution in [0.5, 0.6) is 0 Å². The molecule has 0 bridgehead atoms. The van der Waals surface area contributed by atoms with Crippen LogP contribution in [0.15, 0.2) is 15.8 Å². The standard InChI is InChI=1S/C7H8N4O2/c1-10-3-4-5(9-10)8-7(13)11(2)6(4)12/h3H,1-2H3,(H,8,9,13). The number of rotatable bonds is 0. The monoisotopic (exact) mass is 180 g/mol. The molecule has 0 atom stereocenters. The van der Waals surface area contributed by atoms with E-state index >= 15 is 0 Å². The molecule has 0 aliphatic carbocycles. The number of nitrogens with one attached hydrogen (secondary N) is 1. The molecule has 2 aromatic rings. The van der Waals surface area contributed by atoms with Crippen molar-refractivity contribution in [3.05, 3.63) is 27.0 Å². The topological polar surface area (TPSA) is 72.7 Å². The first kappa shape index (κ1) is 7.78. The van der Waals surface area contributed by atoms with Crippen LogP contribution in [0.4, 0.5) is 0 Å². The van der Waals surface area contributed by atoms with Gasteiger partial charge in [-0.15, -0.1) is 0 Å². The average molecular weight is 180 g/mol. The lowest BCUT2D eigenvalue weighted by Crippen LogP contribution is -2.31. The Kier molecular flexibility index (Phi) is 1.39. The van der Waals surface area contributed by atoms with E-state index in [4.69, 9.17) is 0 Å². The number of aromatic nitrogens is 4. The predicted octanol–water partition coefficient (Wildman–Crippen LogP) is -1.04. The smallest absolute Gasteiger partial charge is 0.290 e. The number of aryl methyl sites for hydroxylation is 1. The molecule has 0 amide bonds. The fourth-order valence-electron chi connectivity index (χ4n) is 1.20. The third kappa shape index (κ3) is 0.986. The van der Waals surface area contributed by atoms with Crippen LogP contribution in [0.2, 0.25) is 0 Å². The Bertz CT molecular complexity index is 574. The molecule has 0 aliphatic rings. The summed E-state index contributed by atoms with van der Waals surface area (Å²) in [6.07, 6.45) is 1.58. The summed E-state index contributed by atoms with van der Waals surface area (Å²) in [5.74, 6) is 0. The van der Waals surface area contributed by atoms with Gasteiger partial charge in [0.15, 0.2) is 5.65 Å². The minimum atomic E-state index is -0.448. The number of hydrogen-bond acceptors (Lipinski definition) is 3. The zero-order valence-electron chi connectivity index (χ0n) is 7.24. The van der Waals surface area contributed by atoms with Crippen molar-refractivity contribution in [2.24, 2.45) is 14.1 Å². The van der Waals surface area contributed by atoms with Crippen LogP contribution in [0, 0.1) is 0 Å². The summed E-state index contributed by atoms with van der Waals surface area (Å²) in [6.45, 7) is 0. The molecule has 13 heavy (non-hydrogen) atoms. The van der Waals surface area contributed by atoms with E-state index < -0.39 is 5.69 Å². The minimum absolute atomic E-state index is 0.327. The van der Waals surface area contributed by atoms with Crippen molar-refractivity contribution in [3.63, 3.8) is 0 Å². The summed E-state index contributed by atoms with van der Waals surface area (Å²) < 4.78 is 2.51. The molecule has 0 aliphatic heterocycles. The van der Waals surface area contributed by atoms with Gasteiger partial charge in [0.25, 0.3) is 5.56 Å². The van der Waals surface area contributed by atoms with Crippen molar-refractivity contribution in [2.45, 2.75) is 0 Å². The number of hydrogen-bond donors (Lipinski definition) is 1. The van der Waals surface area contributed by atoms with Gasteiger partial charge in [0.05, 0.1) is 0 Å². The molecule has 2 aromatic heterocycles. The van der Waals surface area contributed by atoms with Crippen LogP contribution in [0.1, 0.15) is 0 Å². The lowest BCUT2D eigenvalue weighted by molar-refractivity contribution is 0.768. The van der Waals surface area contributed by atoms with Crippen LogP contribution in [0.3, 0.4) is 0 Å². The highest BCUT2D eigenvalue weighted by atomic mass is 16.2. The van der Waals surface area contributed by atoms with Crippen LogP contribution in [-0.2, 0) is 14.1 Å². The first-order valence-corrected chi connectivity index (χ1v) is 3.72. The zero-order valence-corrected chi connectivity index (χ0v) is 7.24.